The minimum Gasteiger partial charge on any atom is -0.396 e. The molecular weight excluding hydrogens is 292 g/mol. The first-order chi connectivity index (χ1) is 11.8. The van der Waals surface area contributed by atoms with Crippen molar-refractivity contribution >= 4 is 0 Å². The first kappa shape index (κ1) is 15.2. The van der Waals surface area contributed by atoms with E-state index in [4.69, 9.17) is 5.11 Å². The smallest absolute Gasteiger partial charge is 0.0471 e. The molecule has 1 aliphatic carbocycles. The maximum Gasteiger partial charge on any atom is 0.0471 e. The van der Waals surface area contributed by atoms with E-state index in [2.05, 4.69) is 72.8 Å². The molecule has 1 heteroatoms. The summed E-state index contributed by atoms with van der Waals surface area (Å²) in [5.41, 5.74) is 8.28. The lowest BCUT2D eigenvalue weighted by Crippen LogP contribution is -2.13. The highest BCUT2D eigenvalue weighted by Crippen LogP contribution is 2.40. The minimum absolute atomic E-state index is 0.214. The van der Waals surface area contributed by atoms with Crippen molar-refractivity contribution in [2.75, 3.05) is 6.61 Å². The zero-order valence-electron chi connectivity index (χ0n) is 13.8. The van der Waals surface area contributed by atoms with Gasteiger partial charge in [0.2, 0.25) is 0 Å². The molecule has 0 amide bonds. The van der Waals surface area contributed by atoms with E-state index in [1.807, 2.05) is 0 Å². The third-order valence-electron chi connectivity index (χ3n) is 5.08. The van der Waals surface area contributed by atoms with Crippen molar-refractivity contribution in [2.45, 2.75) is 25.2 Å². The summed E-state index contributed by atoms with van der Waals surface area (Å²) in [7, 11) is 0. The normalized spacial score (nSPS) is 15.6. The zero-order chi connectivity index (χ0) is 16.4. The molecule has 0 heterocycles. The van der Waals surface area contributed by atoms with Crippen molar-refractivity contribution in [3.8, 4) is 11.1 Å². The summed E-state index contributed by atoms with van der Waals surface area (Å²) in [6.07, 6.45) is 2.90. The molecule has 0 radical (unpaired) electrons. The van der Waals surface area contributed by atoms with Crippen LogP contribution in [0, 0.1) is 0 Å². The molecule has 3 aromatic rings. The van der Waals surface area contributed by atoms with Gasteiger partial charge in [-0.2, -0.15) is 0 Å². The molecule has 1 atom stereocenters. The summed E-state index contributed by atoms with van der Waals surface area (Å²) in [5, 5.41) is 9.05. The van der Waals surface area contributed by atoms with Gasteiger partial charge in [-0.05, 0) is 58.6 Å². The van der Waals surface area contributed by atoms with Gasteiger partial charge < -0.3 is 5.11 Å². The standard InChI is InChI=1S/C23H22O/c24-14-13-17-9-11-18(12-10-17)15-20-16-19-5-1-2-6-21(19)23-8-4-3-7-22(20)23/h1-12,20,24H,13-16H2. The van der Waals surface area contributed by atoms with Gasteiger partial charge in [0.15, 0.2) is 0 Å². The van der Waals surface area contributed by atoms with Gasteiger partial charge in [-0.15, -0.1) is 0 Å². The number of hydrogen-bond acceptors (Lipinski definition) is 1. The lowest BCUT2D eigenvalue weighted by atomic mass is 9.76. The summed E-state index contributed by atoms with van der Waals surface area (Å²) in [6.45, 7) is 0.214. The Labute approximate surface area is 143 Å². The number of rotatable bonds is 4. The van der Waals surface area contributed by atoms with Gasteiger partial charge in [0.05, 0.1) is 0 Å². The van der Waals surface area contributed by atoms with Crippen molar-refractivity contribution in [1.29, 1.82) is 0 Å². The summed E-state index contributed by atoms with van der Waals surface area (Å²) in [6, 6.07) is 26.4. The SMILES string of the molecule is OCCc1ccc(CC2Cc3ccccc3-c3ccccc32)cc1. The molecule has 3 aromatic carbocycles. The minimum atomic E-state index is 0.214. The number of fused-ring (bicyclic) bond motifs is 3. The van der Waals surface area contributed by atoms with Gasteiger partial charge in [-0.25, -0.2) is 0 Å². The van der Waals surface area contributed by atoms with Crippen LogP contribution in [0.2, 0.25) is 0 Å². The number of aliphatic hydroxyl groups is 1. The summed E-state index contributed by atoms with van der Waals surface area (Å²) in [4.78, 5) is 0. The van der Waals surface area contributed by atoms with Gasteiger partial charge in [-0.1, -0.05) is 72.8 Å². The van der Waals surface area contributed by atoms with E-state index in [-0.39, 0.29) is 6.61 Å². The van der Waals surface area contributed by atoms with Gasteiger partial charge in [-0.3, -0.25) is 0 Å². The molecule has 24 heavy (non-hydrogen) atoms. The quantitative estimate of drug-likeness (QED) is 0.735. The second kappa shape index (κ2) is 6.62. The Hall–Kier alpha value is -2.38. The third kappa shape index (κ3) is 2.88. The molecule has 1 unspecified atom stereocenters. The molecule has 4 rings (SSSR count). The molecule has 0 aliphatic heterocycles. The van der Waals surface area contributed by atoms with E-state index in [0.717, 1.165) is 19.3 Å². The second-order valence-corrected chi connectivity index (χ2v) is 6.64. The lowest BCUT2D eigenvalue weighted by molar-refractivity contribution is 0.299. The van der Waals surface area contributed by atoms with Crippen LogP contribution in [0.5, 0.6) is 0 Å². The van der Waals surface area contributed by atoms with Crippen molar-refractivity contribution in [3.63, 3.8) is 0 Å². The number of hydrogen-bond donors (Lipinski definition) is 1. The van der Waals surface area contributed by atoms with Crippen LogP contribution < -0.4 is 0 Å². The van der Waals surface area contributed by atoms with Gasteiger partial charge in [0.1, 0.15) is 0 Å². The van der Waals surface area contributed by atoms with E-state index in [1.165, 1.54) is 33.4 Å². The van der Waals surface area contributed by atoms with Gasteiger partial charge in [0.25, 0.3) is 0 Å². The fraction of sp³-hybridized carbons (Fsp3) is 0.217. The molecule has 0 saturated carbocycles. The molecule has 0 bridgehead atoms. The molecule has 0 aromatic heterocycles. The Morgan fingerprint density at radius 3 is 2.21 bits per heavy atom. The predicted molar refractivity (Wildman–Crippen MR) is 99.3 cm³/mol. The van der Waals surface area contributed by atoms with Crippen LogP contribution in [-0.4, -0.2) is 11.7 Å². The average molecular weight is 314 g/mol. The summed E-state index contributed by atoms with van der Waals surface area (Å²) < 4.78 is 0. The molecule has 0 fully saturated rings. The maximum absolute atomic E-state index is 9.05. The van der Waals surface area contributed by atoms with Crippen LogP contribution in [0.1, 0.15) is 28.2 Å². The van der Waals surface area contributed by atoms with Crippen LogP contribution >= 0.6 is 0 Å². The molecule has 0 spiro atoms. The molecular formula is C23H22O. The average Bonchev–Trinajstić information content (AvgIpc) is 2.64. The molecule has 120 valence electrons. The fourth-order valence-electron chi connectivity index (χ4n) is 3.87. The lowest BCUT2D eigenvalue weighted by Gasteiger charge is -2.28. The van der Waals surface area contributed by atoms with Crippen molar-refractivity contribution in [3.05, 3.63) is 95.1 Å². The highest BCUT2D eigenvalue weighted by atomic mass is 16.2. The highest BCUT2D eigenvalue weighted by Gasteiger charge is 2.24. The fourth-order valence-corrected chi connectivity index (χ4v) is 3.87. The predicted octanol–water partition coefficient (Wildman–Crippen LogP) is 4.77. The van der Waals surface area contributed by atoms with E-state index in [1.54, 1.807) is 0 Å². The van der Waals surface area contributed by atoms with Crippen molar-refractivity contribution < 1.29 is 5.11 Å². The van der Waals surface area contributed by atoms with Gasteiger partial charge in [0, 0.05) is 6.61 Å². The van der Waals surface area contributed by atoms with Crippen LogP contribution in [-0.2, 0) is 19.3 Å². The Bertz CT molecular complexity index is 833. The maximum atomic E-state index is 9.05. The topological polar surface area (TPSA) is 20.2 Å². The summed E-state index contributed by atoms with van der Waals surface area (Å²) in [5.74, 6) is 0.528. The van der Waals surface area contributed by atoms with Crippen molar-refractivity contribution in [1.82, 2.24) is 0 Å². The largest absolute Gasteiger partial charge is 0.396 e. The zero-order valence-corrected chi connectivity index (χ0v) is 13.8. The molecule has 0 saturated heterocycles. The van der Waals surface area contributed by atoms with Crippen LogP contribution in [0.4, 0.5) is 0 Å². The van der Waals surface area contributed by atoms with Crippen LogP contribution in [0.3, 0.4) is 0 Å². The first-order valence-corrected chi connectivity index (χ1v) is 8.71. The van der Waals surface area contributed by atoms with Crippen LogP contribution in [0.25, 0.3) is 11.1 Å². The third-order valence-corrected chi connectivity index (χ3v) is 5.08. The highest BCUT2D eigenvalue weighted by molar-refractivity contribution is 5.74. The van der Waals surface area contributed by atoms with Crippen LogP contribution in [0.15, 0.2) is 72.8 Å². The molecule has 1 nitrogen and oxygen atoms in total. The van der Waals surface area contributed by atoms with E-state index < -0.39 is 0 Å². The number of benzene rings is 3. The molecule has 1 N–H and O–H groups in total. The monoisotopic (exact) mass is 314 g/mol. The van der Waals surface area contributed by atoms with E-state index in [0.29, 0.717) is 5.92 Å². The van der Waals surface area contributed by atoms with Crippen molar-refractivity contribution in [2.24, 2.45) is 0 Å². The first-order valence-electron chi connectivity index (χ1n) is 8.71. The van der Waals surface area contributed by atoms with E-state index in [9.17, 15) is 0 Å². The summed E-state index contributed by atoms with van der Waals surface area (Å²) >= 11 is 0. The second-order valence-electron chi connectivity index (χ2n) is 6.64. The Morgan fingerprint density at radius 2 is 1.42 bits per heavy atom. The Balaban J connectivity index is 1.65. The van der Waals surface area contributed by atoms with Gasteiger partial charge >= 0.3 is 0 Å². The Morgan fingerprint density at radius 1 is 0.750 bits per heavy atom. The number of aliphatic hydroxyl groups excluding tert-OH is 1. The van der Waals surface area contributed by atoms with E-state index >= 15 is 0 Å². The Kier molecular flexibility index (Phi) is 4.18. The molecule has 1 aliphatic rings.